The summed E-state index contributed by atoms with van der Waals surface area (Å²) in [5, 5.41) is 11.6. The molecule has 0 bridgehead atoms. The first-order chi connectivity index (χ1) is 18.4. The van der Waals surface area contributed by atoms with Crippen LogP contribution in [-0.2, 0) is 9.53 Å². The summed E-state index contributed by atoms with van der Waals surface area (Å²) in [5.74, 6) is -0.463. The molecule has 0 saturated heterocycles. The van der Waals surface area contributed by atoms with Crippen molar-refractivity contribution >= 4 is 22.7 Å². The topological polar surface area (TPSA) is 108 Å². The highest BCUT2D eigenvalue weighted by Gasteiger charge is 2.44. The van der Waals surface area contributed by atoms with E-state index in [9.17, 15) is 14.7 Å². The lowest BCUT2D eigenvalue weighted by Gasteiger charge is -2.27. The van der Waals surface area contributed by atoms with Crippen LogP contribution in [0.5, 0.6) is 17.2 Å². The van der Waals surface area contributed by atoms with E-state index in [2.05, 4.69) is 6.58 Å². The van der Waals surface area contributed by atoms with Gasteiger partial charge in [-0.1, -0.05) is 30.9 Å². The largest absolute Gasteiger partial charge is 0.503 e. The van der Waals surface area contributed by atoms with E-state index < -0.39 is 23.5 Å². The van der Waals surface area contributed by atoms with Gasteiger partial charge in [-0.3, -0.25) is 9.59 Å². The van der Waals surface area contributed by atoms with Crippen molar-refractivity contribution in [1.29, 1.82) is 0 Å². The van der Waals surface area contributed by atoms with Crippen molar-refractivity contribution in [3.05, 3.63) is 77.8 Å². The maximum absolute atomic E-state index is 13.8. The lowest BCUT2D eigenvalue weighted by Crippen LogP contribution is -2.32. The summed E-state index contributed by atoms with van der Waals surface area (Å²) in [6.07, 6.45) is 2.13. The number of furan rings is 1. The van der Waals surface area contributed by atoms with Crippen molar-refractivity contribution in [3.63, 3.8) is 0 Å². The first-order valence-electron chi connectivity index (χ1n) is 12.3. The summed E-state index contributed by atoms with van der Waals surface area (Å²) in [6, 6.07) is 11.2. The zero-order chi connectivity index (χ0) is 27.2. The van der Waals surface area contributed by atoms with Crippen LogP contribution < -0.4 is 14.2 Å². The Morgan fingerprint density at radius 1 is 1.13 bits per heavy atom. The van der Waals surface area contributed by atoms with Crippen molar-refractivity contribution < 1.29 is 38.1 Å². The number of amides is 1. The first-order valence-corrected chi connectivity index (χ1v) is 12.3. The zero-order valence-electron chi connectivity index (χ0n) is 21.7. The van der Waals surface area contributed by atoms with Crippen LogP contribution in [0, 0.1) is 0 Å². The number of rotatable bonds is 13. The van der Waals surface area contributed by atoms with Gasteiger partial charge in [0.05, 0.1) is 25.3 Å². The van der Waals surface area contributed by atoms with Crippen LogP contribution in [0.15, 0.2) is 70.9 Å². The molecule has 0 spiro atoms. The molecule has 0 radical (unpaired) electrons. The smallest absolute Gasteiger partial charge is 0.290 e. The number of aliphatic hydroxyl groups is 1. The van der Waals surface area contributed by atoms with Crippen LogP contribution in [0.3, 0.4) is 0 Å². The van der Waals surface area contributed by atoms with Crippen LogP contribution in [0.25, 0.3) is 11.0 Å². The Balaban J connectivity index is 1.80. The molecule has 200 valence electrons. The molecule has 1 aromatic heterocycles. The van der Waals surface area contributed by atoms with Crippen LogP contribution in [0.2, 0.25) is 0 Å². The summed E-state index contributed by atoms with van der Waals surface area (Å²) in [4.78, 5) is 28.5. The summed E-state index contributed by atoms with van der Waals surface area (Å²) in [5.41, 5.74) is 0.900. The van der Waals surface area contributed by atoms with Gasteiger partial charge in [0.1, 0.15) is 6.61 Å². The molecule has 2 heterocycles. The molecule has 4 rings (SSSR count). The SMILES string of the molecule is C=CCOc1ccc(C2C(C(=O)c3cc4cccc(OC)c4o3)=C(O)C(=O)N2CCCOC)cc1OCC. The molecule has 1 aliphatic heterocycles. The molecule has 2 aromatic carbocycles. The average Bonchev–Trinajstić information content (AvgIpc) is 3.47. The number of aliphatic hydroxyl groups excluding tert-OH is 1. The second kappa shape index (κ2) is 11.9. The third-order valence-electron chi connectivity index (χ3n) is 6.19. The summed E-state index contributed by atoms with van der Waals surface area (Å²) in [6.45, 7) is 6.83. The minimum Gasteiger partial charge on any atom is -0.503 e. The highest BCUT2D eigenvalue weighted by atomic mass is 16.5. The third kappa shape index (κ3) is 5.10. The number of hydrogen-bond acceptors (Lipinski definition) is 8. The minimum absolute atomic E-state index is 0.0152. The number of ketones is 1. The fraction of sp³-hybridized carbons (Fsp3) is 0.310. The van der Waals surface area contributed by atoms with Gasteiger partial charge in [-0.05, 0) is 43.2 Å². The molecular formula is C29H31NO8. The molecule has 1 amide bonds. The molecule has 1 unspecified atom stereocenters. The van der Waals surface area contributed by atoms with E-state index in [1.54, 1.807) is 55.7 Å². The van der Waals surface area contributed by atoms with Crippen LogP contribution >= 0.6 is 0 Å². The number of fused-ring (bicyclic) bond motifs is 1. The van der Waals surface area contributed by atoms with E-state index in [1.165, 1.54) is 12.0 Å². The predicted molar refractivity (Wildman–Crippen MR) is 141 cm³/mol. The van der Waals surface area contributed by atoms with Gasteiger partial charge in [-0.15, -0.1) is 0 Å². The molecule has 0 saturated carbocycles. The molecule has 38 heavy (non-hydrogen) atoms. The van der Waals surface area contributed by atoms with Crippen molar-refractivity contribution in [2.45, 2.75) is 19.4 Å². The van der Waals surface area contributed by atoms with Gasteiger partial charge in [0.15, 0.2) is 34.4 Å². The van der Waals surface area contributed by atoms with Crippen LogP contribution in [0.4, 0.5) is 0 Å². The van der Waals surface area contributed by atoms with E-state index in [4.69, 9.17) is 23.4 Å². The van der Waals surface area contributed by atoms with E-state index in [0.29, 0.717) is 53.4 Å². The number of para-hydroxylation sites is 1. The monoisotopic (exact) mass is 521 g/mol. The van der Waals surface area contributed by atoms with Gasteiger partial charge >= 0.3 is 0 Å². The van der Waals surface area contributed by atoms with Gasteiger partial charge in [-0.2, -0.15) is 0 Å². The molecule has 9 nitrogen and oxygen atoms in total. The average molecular weight is 522 g/mol. The number of ether oxygens (including phenoxy) is 4. The van der Waals surface area contributed by atoms with Gasteiger partial charge in [0.2, 0.25) is 5.78 Å². The Morgan fingerprint density at radius 3 is 2.66 bits per heavy atom. The molecule has 3 aromatic rings. The maximum atomic E-state index is 13.8. The second-order valence-corrected chi connectivity index (χ2v) is 8.57. The molecule has 0 aliphatic carbocycles. The van der Waals surface area contributed by atoms with Gasteiger partial charge in [0.25, 0.3) is 5.91 Å². The minimum atomic E-state index is -0.880. The number of benzene rings is 2. The van der Waals surface area contributed by atoms with Crippen molar-refractivity contribution in [3.8, 4) is 17.2 Å². The molecule has 0 fully saturated rings. The Hall–Kier alpha value is -4.24. The Kier molecular flexibility index (Phi) is 8.38. The molecule has 9 heteroatoms. The van der Waals surface area contributed by atoms with Gasteiger partial charge in [0, 0.05) is 25.6 Å². The highest BCUT2D eigenvalue weighted by molar-refractivity contribution is 6.16. The Bertz CT molecular complexity index is 1370. The lowest BCUT2D eigenvalue weighted by atomic mass is 9.94. The Morgan fingerprint density at radius 2 is 1.95 bits per heavy atom. The zero-order valence-corrected chi connectivity index (χ0v) is 21.7. The quantitative estimate of drug-likeness (QED) is 0.190. The van der Waals surface area contributed by atoms with Crippen molar-refractivity contribution in [2.75, 3.05) is 40.6 Å². The van der Waals surface area contributed by atoms with Crippen molar-refractivity contribution in [1.82, 2.24) is 4.90 Å². The van der Waals surface area contributed by atoms with Crippen LogP contribution in [0.1, 0.15) is 35.5 Å². The molecule has 1 N–H and O–H groups in total. The number of methoxy groups -OCH3 is 2. The van der Waals surface area contributed by atoms with Crippen molar-refractivity contribution in [2.24, 2.45) is 0 Å². The van der Waals surface area contributed by atoms with Gasteiger partial charge < -0.3 is 33.4 Å². The molecule has 1 aliphatic rings. The van der Waals surface area contributed by atoms with E-state index in [0.717, 1.165) is 0 Å². The highest BCUT2D eigenvalue weighted by Crippen LogP contribution is 2.42. The van der Waals surface area contributed by atoms with E-state index in [-0.39, 0.29) is 24.5 Å². The fourth-order valence-electron chi connectivity index (χ4n) is 4.51. The van der Waals surface area contributed by atoms with E-state index >= 15 is 0 Å². The normalized spacial score (nSPS) is 15.3. The maximum Gasteiger partial charge on any atom is 0.290 e. The predicted octanol–water partition coefficient (Wildman–Crippen LogP) is 5.02. The number of Topliss-reactive ketones (excluding diaryl/α,β-unsaturated/α-hetero) is 1. The number of carbonyl (C=O) groups is 2. The summed E-state index contributed by atoms with van der Waals surface area (Å²) in [7, 11) is 3.08. The van der Waals surface area contributed by atoms with Gasteiger partial charge in [-0.25, -0.2) is 0 Å². The molecule has 1 atom stereocenters. The number of nitrogens with zero attached hydrogens (tertiary/aromatic N) is 1. The molecular weight excluding hydrogens is 490 g/mol. The lowest BCUT2D eigenvalue weighted by molar-refractivity contribution is -0.129. The summed E-state index contributed by atoms with van der Waals surface area (Å²) >= 11 is 0. The number of hydrogen-bond donors (Lipinski definition) is 1. The van der Waals surface area contributed by atoms with E-state index in [1.807, 2.05) is 6.92 Å². The van der Waals surface area contributed by atoms with Crippen LogP contribution in [-0.4, -0.2) is 62.3 Å². The fourth-order valence-corrected chi connectivity index (χ4v) is 4.51. The summed E-state index contributed by atoms with van der Waals surface area (Å²) < 4.78 is 27.9. The number of carbonyl (C=O) groups excluding carboxylic acids is 2. The third-order valence-corrected chi connectivity index (χ3v) is 6.19. The first kappa shape index (κ1) is 26.8. The Labute approximate surface area is 220 Å². The standard InChI is InChI=1S/C29H31NO8/c1-5-14-37-20-12-11-18(16-22(20)36-6-2)25-24(27(32)29(33)30(25)13-8-15-34-3)26(31)23-17-19-9-7-10-21(35-4)28(19)38-23/h5,7,9-12,16-17,25,32H,1,6,8,13-15H2,2-4H3. The second-order valence-electron chi connectivity index (χ2n) is 8.57.